The van der Waals surface area contributed by atoms with Gasteiger partial charge in [-0.3, -0.25) is 0 Å². The molecule has 0 saturated carbocycles. The quantitative estimate of drug-likeness (QED) is 0.240. The topological polar surface area (TPSA) is 210 Å². The molecule has 9 nitrogen and oxygen atoms in total. The molecule has 0 amide bonds. The highest BCUT2D eigenvalue weighted by Gasteiger charge is 1.93. The van der Waals surface area contributed by atoms with Crippen molar-refractivity contribution in [3.63, 3.8) is 0 Å². The fourth-order valence-electron chi connectivity index (χ4n) is 0. The van der Waals surface area contributed by atoms with Gasteiger partial charge < -0.3 is 16.4 Å². The molecule has 0 heterocycles. The van der Waals surface area contributed by atoms with Crippen LogP contribution in [0.25, 0.3) is 0 Å². The molecule has 115 valence electrons. The molecule has 10 N–H and O–H groups in total. The predicted molar refractivity (Wildman–Crippen MR) is 87.9 cm³/mol. The number of hydrogen-bond donors (Lipinski definition) is 4. The first kappa shape index (κ1) is 112. The summed E-state index contributed by atoms with van der Waals surface area (Å²) >= 11 is 0. The molecule has 0 spiro atoms. The van der Waals surface area contributed by atoms with Crippen molar-refractivity contribution < 1.29 is 45.1 Å². The van der Waals surface area contributed by atoms with E-state index >= 15 is 0 Å². The van der Waals surface area contributed by atoms with Gasteiger partial charge in [-0.2, -0.15) is 0 Å². The second-order valence-corrected chi connectivity index (χ2v) is 1.52. The zero-order chi connectivity index (χ0) is 7.15. The van der Waals surface area contributed by atoms with Crippen LogP contribution in [-0.2, 0) is 9.13 Å². The molecule has 0 aliphatic rings. The lowest BCUT2D eigenvalue weighted by Crippen LogP contribution is -1.38. The van der Waals surface area contributed by atoms with Crippen LogP contribution in [0.5, 0.6) is 0 Å². The molecule has 0 unspecified atom stereocenters. The van der Waals surface area contributed by atoms with E-state index in [1.165, 1.54) is 0 Å². The van der Waals surface area contributed by atoms with Gasteiger partial charge in [0.1, 0.15) is 34.7 Å². The Morgan fingerprint density at radius 3 is 0.611 bits per heavy atom. The minimum atomic E-state index is -2.87. The van der Waals surface area contributed by atoms with E-state index in [-0.39, 0.29) is 108 Å². The molecule has 0 fully saturated rings. The summed E-state index contributed by atoms with van der Waals surface area (Å²) < 4.78 is 17.4. The first-order valence-electron chi connectivity index (χ1n) is 1.17. The van der Waals surface area contributed by atoms with Gasteiger partial charge in [-0.1, -0.05) is 22.3 Å². The van der Waals surface area contributed by atoms with Crippen molar-refractivity contribution in [2.75, 3.05) is 0 Å². The van der Waals surface area contributed by atoms with Crippen LogP contribution < -0.4 is 0 Å². The van der Waals surface area contributed by atoms with Crippen molar-refractivity contribution in [2.45, 2.75) is 22.3 Å². The maximum atomic E-state index is 8.70. The minimum Gasteiger partial charge on any atom is -0.412 e. The van der Waals surface area contributed by atoms with E-state index in [0.29, 0.717) is 0 Å². The molecule has 0 saturated heterocycles. The molecule has 15 heteroatoms. The van der Waals surface area contributed by atoms with Gasteiger partial charge in [-0.25, -0.2) is 0 Å². The highest BCUT2D eigenvalue weighted by molar-refractivity contribution is 7.31. The van der Waals surface area contributed by atoms with Gasteiger partial charge in [0.05, 0.1) is 0 Å². The zero-order valence-corrected chi connectivity index (χ0v) is 14.5. The number of rotatable bonds is 0. The van der Waals surface area contributed by atoms with Crippen molar-refractivity contribution >= 4 is 86.0 Å². The Hall–Kier alpha value is 2.05. The highest BCUT2D eigenvalue weighted by Crippen LogP contribution is 1.98. The largest absolute Gasteiger partial charge is 0.692 e. The fourth-order valence-corrected chi connectivity index (χ4v) is 0. The summed E-state index contributed by atoms with van der Waals surface area (Å²) in [4.78, 5) is 28.5. The SMILES string of the molecule is C.C.C.O.O.O.O=[P+](O)O.O=[P+](O)O.[AlH2].[AlH2].[AlH3].[Al]. The third kappa shape index (κ3) is 1250. The summed E-state index contributed by atoms with van der Waals surface area (Å²) in [6.45, 7) is 0. The molecule has 0 aromatic carbocycles. The Labute approximate surface area is 152 Å². The summed E-state index contributed by atoms with van der Waals surface area (Å²) in [6.07, 6.45) is 0. The Bertz CT molecular complexity index is 89.8. The summed E-state index contributed by atoms with van der Waals surface area (Å²) in [5, 5.41) is 0. The van der Waals surface area contributed by atoms with E-state index in [4.69, 9.17) is 28.7 Å². The Kier molecular flexibility index (Phi) is 597. The van der Waals surface area contributed by atoms with Crippen molar-refractivity contribution in [1.29, 1.82) is 0 Å². The van der Waals surface area contributed by atoms with Gasteiger partial charge in [-0.15, -0.1) is 19.6 Å². The van der Waals surface area contributed by atoms with Crippen LogP contribution in [0.3, 0.4) is 0 Å². The summed E-state index contributed by atoms with van der Waals surface area (Å²) in [5.41, 5.74) is 0. The van der Waals surface area contributed by atoms with Crippen LogP contribution in [0.15, 0.2) is 0 Å². The van der Waals surface area contributed by atoms with Crippen molar-refractivity contribution in [3.05, 3.63) is 0 Å². The second-order valence-electron chi connectivity index (χ2n) is 0.505. The molecule has 18 heavy (non-hydrogen) atoms. The normalized spacial score (nSPS) is 2.89. The lowest BCUT2D eigenvalue weighted by atomic mass is 12.0. The van der Waals surface area contributed by atoms with Crippen LogP contribution in [-0.4, -0.2) is 105 Å². The first-order chi connectivity index (χ1) is 3.46. The van der Waals surface area contributed by atoms with Crippen molar-refractivity contribution in [1.82, 2.24) is 0 Å². The summed E-state index contributed by atoms with van der Waals surface area (Å²) in [7, 11) is -5.74. The molecule has 0 aromatic heterocycles. The molecule has 0 atom stereocenters. The Balaban J connectivity index is -0.00000000257. The van der Waals surface area contributed by atoms with Gasteiger partial charge in [-0.05, 0) is 0 Å². The maximum absolute atomic E-state index is 8.70. The van der Waals surface area contributed by atoms with E-state index < -0.39 is 16.5 Å². The average Bonchev–Trinajstić information content (AvgIpc) is 1.25. The molecule has 0 aliphatic carbocycles. The van der Waals surface area contributed by atoms with Crippen LogP contribution in [0.2, 0.25) is 0 Å². The van der Waals surface area contributed by atoms with Gasteiger partial charge in [0.2, 0.25) is 0 Å². The molecular formula is C3H29Al4O9P2+2. The average molecular weight is 379 g/mol. The molecule has 0 bridgehead atoms. The lowest BCUT2D eigenvalue weighted by Gasteiger charge is -1.34. The van der Waals surface area contributed by atoms with E-state index in [9.17, 15) is 0 Å². The van der Waals surface area contributed by atoms with Crippen LogP contribution in [0.4, 0.5) is 0 Å². The minimum absolute atomic E-state index is 0. The van der Waals surface area contributed by atoms with Crippen molar-refractivity contribution in [3.8, 4) is 0 Å². The second kappa shape index (κ2) is 95.8. The van der Waals surface area contributed by atoms with E-state index in [1.807, 2.05) is 0 Å². The molecule has 0 aliphatic heterocycles. The standard InChI is InChI=1S/3CH4.4Al.2HO3P.3H2O.7H/c;;;;;;;2*1-4(2)3;;;;;;;;;;/h3*1H4;;;;;2*(H-,1,2,3);3*1H2;;;;;;;/p+2. The van der Waals surface area contributed by atoms with Gasteiger partial charge in [0.25, 0.3) is 0 Å². The first-order valence-corrected chi connectivity index (χ1v) is 3.50. The molecule has 0 rings (SSSR count). The summed E-state index contributed by atoms with van der Waals surface area (Å²) in [5.74, 6) is 0. The van der Waals surface area contributed by atoms with E-state index in [2.05, 4.69) is 0 Å². The third-order valence-electron chi connectivity index (χ3n) is 0. The lowest BCUT2D eigenvalue weighted by molar-refractivity contribution is 0.403. The van der Waals surface area contributed by atoms with E-state index in [0.717, 1.165) is 0 Å². The molecule has 0 aromatic rings. The fraction of sp³-hybridized carbons (Fsp3) is 1.00. The molecular weight excluding hydrogens is 350 g/mol. The summed E-state index contributed by atoms with van der Waals surface area (Å²) in [6, 6.07) is 0. The van der Waals surface area contributed by atoms with Crippen LogP contribution >= 0.6 is 16.5 Å². The molecule has 5 radical (unpaired) electrons. The Morgan fingerprint density at radius 2 is 0.611 bits per heavy atom. The smallest absolute Gasteiger partial charge is 0.412 e. The van der Waals surface area contributed by atoms with Crippen molar-refractivity contribution in [2.24, 2.45) is 0 Å². The zero-order valence-electron chi connectivity index (χ0n) is 7.58. The maximum Gasteiger partial charge on any atom is 0.692 e. The third-order valence-corrected chi connectivity index (χ3v) is 0. The van der Waals surface area contributed by atoms with Crippen LogP contribution in [0, 0.1) is 0 Å². The highest BCUT2D eigenvalue weighted by atomic mass is 31.1. The monoisotopic (exact) mass is 379 g/mol. The van der Waals surface area contributed by atoms with Gasteiger partial charge in [0, 0.05) is 26.5 Å². The number of hydrogen-bond acceptors (Lipinski definition) is 2. The van der Waals surface area contributed by atoms with Gasteiger partial charge >= 0.3 is 16.5 Å². The predicted octanol–water partition coefficient (Wildman–Crippen LogP) is -4.71. The van der Waals surface area contributed by atoms with Crippen LogP contribution in [0.1, 0.15) is 22.3 Å². The Morgan fingerprint density at radius 1 is 0.611 bits per heavy atom. The van der Waals surface area contributed by atoms with E-state index in [1.54, 1.807) is 0 Å². The van der Waals surface area contributed by atoms with Gasteiger partial charge in [0.15, 0.2) is 17.4 Å².